The molecule has 16 heavy (non-hydrogen) atoms. The van der Waals surface area contributed by atoms with E-state index in [1.54, 1.807) is 19.1 Å². The first-order valence-electron chi connectivity index (χ1n) is 4.86. The number of benzene rings is 1. The van der Waals surface area contributed by atoms with Gasteiger partial charge >= 0.3 is 0 Å². The lowest BCUT2D eigenvalue weighted by Crippen LogP contribution is -2.30. The van der Waals surface area contributed by atoms with Crippen LogP contribution in [0.4, 0.5) is 4.39 Å². The largest absolute Gasteiger partial charge is 0.387 e. The predicted octanol–water partition coefficient (Wildman–Crippen LogP) is 1.33. The summed E-state index contributed by atoms with van der Waals surface area (Å²) in [5, 5.41) is 9.63. The van der Waals surface area contributed by atoms with Crippen molar-refractivity contribution in [3.63, 3.8) is 0 Å². The van der Waals surface area contributed by atoms with Gasteiger partial charge in [0.05, 0.1) is 18.3 Å². The predicted molar refractivity (Wildman–Crippen MR) is 59.5 cm³/mol. The minimum Gasteiger partial charge on any atom is -0.387 e. The van der Waals surface area contributed by atoms with Crippen molar-refractivity contribution in [1.29, 1.82) is 5.41 Å². The third-order valence-electron chi connectivity index (χ3n) is 2.10. The summed E-state index contributed by atoms with van der Waals surface area (Å²) < 4.78 is 12.7. The van der Waals surface area contributed by atoms with E-state index in [9.17, 15) is 9.18 Å². The molecular formula is C11H14FN3O. The van der Waals surface area contributed by atoms with Gasteiger partial charge in [0.25, 0.3) is 0 Å². The lowest BCUT2D eigenvalue weighted by molar-refractivity contribution is -0.120. The molecule has 0 saturated carbocycles. The second-order valence-corrected chi connectivity index (χ2v) is 3.54. The third-order valence-corrected chi connectivity index (χ3v) is 2.10. The minimum atomic E-state index is -0.315. The van der Waals surface area contributed by atoms with Gasteiger partial charge in [-0.3, -0.25) is 10.2 Å². The highest BCUT2D eigenvalue weighted by molar-refractivity contribution is 5.97. The SMILES string of the molecule is CC(NC(=O)CC(=N)N)c1ccc(F)cc1. The fourth-order valence-corrected chi connectivity index (χ4v) is 1.30. The van der Waals surface area contributed by atoms with E-state index in [0.717, 1.165) is 5.56 Å². The Morgan fingerprint density at radius 3 is 2.56 bits per heavy atom. The molecule has 4 nitrogen and oxygen atoms in total. The molecule has 1 aromatic rings. The summed E-state index contributed by atoms with van der Waals surface area (Å²) in [4.78, 5) is 11.3. The minimum absolute atomic E-state index is 0.120. The standard InChI is InChI=1S/C11H14FN3O/c1-7(15-11(16)6-10(13)14)8-2-4-9(12)5-3-8/h2-5,7H,6H2,1H3,(H3,13,14)(H,15,16). The Bertz CT molecular complexity index is 389. The van der Waals surface area contributed by atoms with Crippen LogP contribution >= 0.6 is 0 Å². The zero-order chi connectivity index (χ0) is 12.1. The van der Waals surface area contributed by atoms with E-state index in [1.807, 2.05) is 0 Å². The number of hydrogen-bond acceptors (Lipinski definition) is 2. The molecule has 0 heterocycles. The van der Waals surface area contributed by atoms with E-state index in [1.165, 1.54) is 12.1 Å². The van der Waals surface area contributed by atoms with E-state index >= 15 is 0 Å². The van der Waals surface area contributed by atoms with Crippen LogP contribution in [0.2, 0.25) is 0 Å². The van der Waals surface area contributed by atoms with Gasteiger partial charge in [-0.05, 0) is 24.6 Å². The van der Waals surface area contributed by atoms with Crippen molar-refractivity contribution in [3.8, 4) is 0 Å². The van der Waals surface area contributed by atoms with Gasteiger partial charge in [-0.2, -0.15) is 0 Å². The molecule has 4 N–H and O–H groups in total. The number of nitrogens with one attached hydrogen (secondary N) is 2. The number of amides is 1. The number of carbonyl (C=O) groups is 1. The highest BCUT2D eigenvalue weighted by atomic mass is 19.1. The number of halogens is 1. The van der Waals surface area contributed by atoms with Crippen molar-refractivity contribution in [2.45, 2.75) is 19.4 Å². The molecule has 0 aliphatic rings. The first-order chi connectivity index (χ1) is 7.49. The first kappa shape index (κ1) is 12.2. The molecule has 5 heteroatoms. The number of carbonyl (C=O) groups excluding carboxylic acids is 1. The Morgan fingerprint density at radius 2 is 2.06 bits per heavy atom. The van der Waals surface area contributed by atoms with E-state index < -0.39 is 0 Å². The molecule has 0 spiro atoms. The van der Waals surface area contributed by atoms with Gasteiger partial charge in [0.2, 0.25) is 5.91 Å². The highest BCUT2D eigenvalue weighted by Crippen LogP contribution is 2.12. The van der Waals surface area contributed by atoms with E-state index in [0.29, 0.717) is 0 Å². The Balaban J connectivity index is 2.58. The quantitative estimate of drug-likeness (QED) is 0.531. The Hall–Kier alpha value is -1.91. The highest BCUT2D eigenvalue weighted by Gasteiger charge is 2.10. The monoisotopic (exact) mass is 223 g/mol. The molecule has 1 amide bonds. The molecule has 0 fully saturated rings. The van der Waals surface area contributed by atoms with Crippen LogP contribution in [0.25, 0.3) is 0 Å². The van der Waals surface area contributed by atoms with Crippen LogP contribution in [0.15, 0.2) is 24.3 Å². The molecule has 0 radical (unpaired) electrons. The number of hydrogen-bond donors (Lipinski definition) is 3. The zero-order valence-corrected chi connectivity index (χ0v) is 8.96. The van der Waals surface area contributed by atoms with Gasteiger partial charge in [0.15, 0.2) is 0 Å². The summed E-state index contributed by atoms with van der Waals surface area (Å²) in [5.74, 6) is -0.806. The Labute approximate surface area is 93.2 Å². The van der Waals surface area contributed by atoms with Gasteiger partial charge in [-0.25, -0.2) is 4.39 Å². The summed E-state index contributed by atoms with van der Waals surface area (Å²) in [7, 11) is 0. The van der Waals surface area contributed by atoms with E-state index in [-0.39, 0.29) is 30.0 Å². The topological polar surface area (TPSA) is 79.0 Å². The van der Waals surface area contributed by atoms with Gasteiger partial charge in [-0.15, -0.1) is 0 Å². The fraction of sp³-hybridized carbons (Fsp3) is 0.273. The molecule has 1 unspecified atom stereocenters. The number of rotatable bonds is 4. The van der Waals surface area contributed by atoms with Crippen LogP contribution in [-0.4, -0.2) is 11.7 Å². The van der Waals surface area contributed by atoms with Crippen LogP contribution in [0.3, 0.4) is 0 Å². The molecule has 1 atom stereocenters. The van der Waals surface area contributed by atoms with Crippen LogP contribution in [0, 0.1) is 11.2 Å². The van der Waals surface area contributed by atoms with Crippen molar-refractivity contribution in [1.82, 2.24) is 5.32 Å². The van der Waals surface area contributed by atoms with E-state index in [2.05, 4.69) is 5.32 Å². The van der Waals surface area contributed by atoms with Crippen LogP contribution in [-0.2, 0) is 4.79 Å². The summed E-state index contributed by atoms with van der Waals surface area (Å²) in [6.07, 6.45) is -0.120. The smallest absolute Gasteiger partial charge is 0.228 e. The maximum atomic E-state index is 12.7. The zero-order valence-electron chi connectivity index (χ0n) is 8.96. The van der Waals surface area contributed by atoms with Crippen LogP contribution in [0.1, 0.15) is 24.9 Å². The average molecular weight is 223 g/mol. The second-order valence-electron chi connectivity index (χ2n) is 3.54. The number of amidine groups is 1. The summed E-state index contributed by atoms with van der Waals surface area (Å²) in [6, 6.07) is 5.65. The molecule has 0 aliphatic carbocycles. The second kappa shape index (κ2) is 5.25. The van der Waals surface area contributed by atoms with Crippen molar-refractivity contribution >= 4 is 11.7 Å². The molecule has 1 rings (SSSR count). The summed E-state index contributed by atoms with van der Waals surface area (Å²) in [6.45, 7) is 1.78. The van der Waals surface area contributed by atoms with Crippen LogP contribution < -0.4 is 11.1 Å². The summed E-state index contributed by atoms with van der Waals surface area (Å²) >= 11 is 0. The van der Waals surface area contributed by atoms with Crippen LogP contribution in [0.5, 0.6) is 0 Å². The van der Waals surface area contributed by atoms with Crippen molar-refractivity contribution < 1.29 is 9.18 Å². The van der Waals surface area contributed by atoms with Crippen molar-refractivity contribution in [2.24, 2.45) is 5.73 Å². The molecule has 0 saturated heterocycles. The maximum Gasteiger partial charge on any atom is 0.228 e. The van der Waals surface area contributed by atoms with Crippen molar-refractivity contribution in [3.05, 3.63) is 35.6 Å². The van der Waals surface area contributed by atoms with Crippen molar-refractivity contribution in [2.75, 3.05) is 0 Å². The fourth-order valence-electron chi connectivity index (χ4n) is 1.30. The maximum absolute atomic E-state index is 12.7. The lowest BCUT2D eigenvalue weighted by atomic mass is 10.1. The molecule has 86 valence electrons. The third kappa shape index (κ3) is 3.68. The Kier molecular flexibility index (Phi) is 3.99. The normalized spacial score (nSPS) is 11.9. The first-order valence-corrected chi connectivity index (χ1v) is 4.86. The average Bonchev–Trinajstić information content (AvgIpc) is 2.16. The molecule has 0 aromatic heterocycles. The van der Waals surface area contributed by atoms with Gasteiger partial charge in [0.1, 0.15) is 5.82 Å². The van der Waals surface area contributed by atoms with Gasteiger partial charge in [0, 0.05) is 0 Å². The molecule has 0 bridgehead atoms. The van der Waals surface area contributed by atoms with E-state index in [4.69, 9.17) is 11.1 Å². The molecular weight excluding hydrogens is 209 g/mol. The lowest BCUT2D eigenvalue weighted by Gasteiger charge is -2.13. The van der Waals surface area contributed by atoms with Gasteiger partial charge in [-0.1, -0.05) is 12.1 Å². The summed E-state index contributed by atoms with van der Waals surface area (Å²) in [5.41, 5.74) is 5.90. The van der Waals surface area contributed by atoms with Gasteiger partial charge < -0.3 is 11.1 Å². The Morgan fingerprint density at radius 1 is 1.50 bits per heavy atom. The number of nitrogens with two attached hydrogens (primary N) is 1. The molecule has 0 aliphatic heterocycles. The molecule has 1 aromatic carbocycles.